The van der Waals surface area contributed by atoms with Gasteiger partial charge < -0.3 is 20.3 Å². The number of aryl methyl sites for hydroxylation is 2. The zero-order chi connectivity index (χ0) is 19.6. The zero-order valence-corrected chi connectivity index (χ0v) is 17.3. The first kappa shape index (κ1) is 19.7. The van der Waals surface area contributed by atoms with Crippen molar-refractivity contribution in [1.82, 2.24) is 19.8 Å². The van der Waals surface area contributed by atoms with Crippen LogP contribution in [-0.4, -0.2) is 70.3 Å². The molecule has 0 aromatic carbocycles. The van der Waals surface area contributed by atoms with Gasteiger partial charge in [-0.15, -0.1) is 11.3 Å². The van der Waals surface area contributed by atoms with Gasteiger partial charge in [-0.1, -0.05) is 11.8 Å². The molecule has 0 unspecified atom stereocenters. The molecule has 0 atom stereocenters. The molecule has 27 heavy (non-hydrogen) atoms. The molecule has 8 nitrogen and oxygen atoms in total. The average Bonchev–Trinajstić information content (AvgIpc) is 2.94. The predicted octanol–water partition coefficient (Wildman–Crippen LogP) is 2.28. The van der Waals surface area contributed by atoms with Gasteiger partial charge in [0.15, 0.2) is 5.16 Å². The SMILES string of the molecule is CCOC(=O)N1CCN(C(=O)CSc2nc(N)c3c(C)c(C)sc3n2)CC1. The monoisotopic (exact) mass is 409 g/mol. The summed E-state index contributed by atoms with van der Waals surface area (Å²) in [5.41, 5.74) is 7.20. The molecule has 3 rings (SSSR count). The highest BCUT2D eigenvalue weighted by molar-refractivity contribution is 7.99. The molecule has 0 radical (unpaired) electrons. The minimum atomic E-state index is -0.322. The van der Waals surface area contributed by atoms with Crippen molar-refractivity contribution in [3.63, 3.8) is 0 Å². The van der Waals surface area contributed by atoms with Crippen molar-refractivity contribution in [1.29, 1.82) is 0 Å². The van der Waals surface area contributed by atoms with Crippen LogP contribution in [0.15, 0.2) is 5.16 Å². The van der Waals surface area contributed by atoms with Gasteiger partial charge in [0.05, 0.1) is 17.7 Å². The standard InChI is InChI=1S/C17H23N5O3S2/c1-4-25-17(24)22-7-5-21(6-8-22)12(23)9-26-16-19-14(18)13-10(2)11(3)27-15(13)20-16/h4-9H2,1-3H3,(H2,18,19,20). The average molecular weight is 410 g/mol. The third-order valence-electron chi connectivity index (χ3n) is 4.52. The van der Waals surface area contributed by atoms with Crippen molar-refractivity contribution < 1.29 is 14.3 Å². The van der Waals surface area contributed by atoms with Crippen LogP contribution < -0.4 is 5.73 Å². The van der Waals surface area contributed by atoms with Crippen LogP contribution >= 0.6 is 23.1 Å². The van der Waals surface area contributed by atoms with Crippen LogP contribution in [0.2, 0.25) is 0 Å². The minimum Gasteiger partial charge on any atom is -0.450 e. The Morgan fingerprint density at radius 2 is 1.85 bits per heavy atom. The summed E-state index contributed by atoms with van der Waals surface area (Å²) < 4.78 is 4.99. The van der Waals surface area contributed by atoms with Crippen molar-refractivity contribution in [2.75, 3.05) is 44.3 Å². The van der Waals surface area contributed by atoms with E-state index in [9.17, 15) is 9.59 Å². The molecule has 1 aliphatic rings. The van der Waals surface area contributed by atoms with E-state index >= 15 is 0 Å². The Labute approximate surface area is 166 Å². The Morgan fingerprint density at radius 3 is 2.52 bits per heavy atom. The molecule has 0 spiro atoms. The number of nitrogen functional groups attached to an aromatic ring is 1. The number of thiophene rings is 1. The van der Waals surface area contributed by atoms with Crippen molar-refractivity contribution in [3.8, 4) is 0 Å². The van der Waals surface area contributed by atoms with E-state index < -0.39 is 0 Å². The summed E-state index contributed by atoms with van der Waals surface area (Å²) in [5.74, 6) is 0.706. The van der Waals surface area contributed by atoms with E-state index in [1.807, 2.05) is 13.8 Å². The summed E-state index contributed by atoms with van der Waals surface area (Å²) in [5, 5.41) is 1.42. The number of anilines is 1. The molecule has 2 amide bonds. The molecular formula is C17H23N5O3S2. The lowest BCUT2D eigenvalue weighted by Crippen LogP contribution is -2.51. The molecule has 0 saturated carbocycles. The lowest BCUT2D eigenvalue weighted by atomic mass is 10.2. The summed E-state index contributed by atoms with van der Waals surface area (Å²) in [6.45, 7) is 8.16. The molecule has 3 heterocycles. The molecule has 0 aliphatic carbocycles. The first-order valence-corrected chi connectivity index (χ1v) is 10.6. The summed E-state index contributed by atoms with van der Waals surface area (Å²) in [4.78, 5) is 38.5. The van der Waals surface area contributed by atoms with E-state index in [2.05, 4.69) is 9.97 Å². The number of fused-ring (bicyclic) bond motifs is 1. The lowest BCUT2D eigenvalue weighted by Gasteiger charge is -2.34. The van der Waals surface area contributed by atoms with Crippen LogP contribution in [0.25, 0.3) is 10.2 Å². The number of piperazine rings is 1. The summed E-state index contributed by atoms with van der Waals surface area (Å²) in [7, 11) is 0. The number of carbonyl (C=O) groups excluding carboxylic acids is 2. The molecular weight excluding hydrogens is 386 g/mol. The first-order valence-electron chi connectivity index (χ1n) is 8.76. The quantitative estimate of drug-likeness (QED) is 0.610. The summed E-state index contributed by atoms with van der Waals surface area (Å²) >= 11 is 2.88. The van der Waals surface area contributed by atoms with Crippen molar-refractivity contribution in [2.45, 2.75) is 25.9 Å². The number of aromatic nitrogens is 2. The second kappa shape index (κ2) is 8.30. The number of carbonyl (C=O) groups is 2. The second-order valence-corrected chi connectivity index (χ2v) is 8.36. The maximum atomic E-state index is 12.5. The van der Waals surface area contributed by atoms with Crippen LogP contribution in [0.1, 0.15) is 17.4 Å². The van der Waals surface area contributed by atoms with E-state index in [0.717, 1.165) is 15.8 Å². The maximum absolute atomic E-state index is 12.5. The van der Waals surface area contributed by atoms with Gasteiger partial charge in [-0.3, -0.25) is 4.79 Å². The van der Waals surface area contributed by atoms with Gasteiger partial charge in [-0.05, 0) is 26.3 Å². The number of ether oxygens (including phenoxy) is 1. The number of amides is 2. The van der Waals surface area contributed by atoms with Crippen LogP contribution in [-0.2, 0) is 9.53 Å². The Balaban J connectivity index is 1.57. The van der Waals surface area contributed by atoms with Crippen LogP contribution in [0, 0.1) is 13.8 Å². The molecule has 2 aromatic rings. The van der Waals surface area contributed by atoms with Crippen molar-refractivity contribution >= 4 is 51.1 Å². The third-order valence-corrected chi connectivity index (χ3v) is 6.45. The fourth-order valence-corrected chi connectivity index (χ4v) is 4.74. The minimum absolute atomic E-state index is 0.00400. The normalized spacial score (nSPS) is 14.6. The third kappa shape index (κ3) is 4.27. The summed E-state index contributed by atoms with van der Waals surface area (Å²) in [6.07, 6.45) is -0.322. The Kier molecular flexibility index (Phi) is 6.05. The Morgan fingerprint density at radius 1 is 1.19 bits per heavy atom. The molecule has 2 aromatic heterocycles. The predicted molar refractivity (Wildman–Crippen MR) is 107 cm³/mol. The van der Waals surface area contributed by atoms with E-state index in [1.54, 1.807) is 28.1 Å². The number of thioether (sulfide) groups is 1. The van der Waals surface area contributed by atoms with E-state index in [0.29, 0.717) is 43.8 Å². The Hall–Kier alpha value is -2.07. The Bertz CT molecular complexity index is 862. The molecule has 1 saturated heterocycles. The van der Waals surface area contributed by atoms with Crippen LogP contribution in [0.4, 0.5) is 10.6 Å². The maximum Gasteiger partial charge on any atom is 0.409 e. The summed E-state index contributed by atoms with van der Waals surface area (Å²) in [6, 6.07) is 0. The first-order chi connectivity index (χ1) is 12.9. The molecule has 1 fully saturated rings. The van der Waals surface area contributed by atoms with Gasteiger partial charge in [-0.2, -0.15) is 0 Å². The molecule has 146 valence electrons. The van der Waals surface area contributed by atoms with Gasteiger partial charge in [0.25, 0.3) is 0 Å². The van der Waals surface area contributed by atoms with Crippen molar-refractivity contribution in [3.05, 3.63) is 10.4 Å². The number of hydrogen-bond acceptors (Lipinski definition) is 8. The highest BCUT2D eigenvalue weighted by Gasteiger charge is 2.25. The molecule has 1 aliphatic heterocycles. The van der Waals surface area contributed by atoms with Crippen molar-refractivity contribution in [2.24, 2.45) is 0 Å². The fraction of sp³-hybridized carbons (Fsp3) is 0.529. The topological polar surface area (TPSA) is 102 Å². The van der Waals surface area contributed by atoms with Crippen LogP contribution in [0.5, 0.6) is 0 Å². The number of rotatable bonds is 4. The lowest BCUT2D eigenvalue weighted by molar-refractivity contribution is -0.129. The number of hydrogen-bond donors (Lipinski definition) is 1. The molecule has 10 heteroatoms. The van der Waals surface area contributed by atoms with Gasteiger partial charge >= 0.3 is 6.09 Å². The fourth-order valence-electron chi connectivity index (χ4n) is 2.90. The highest BCUT2D eigenvalue weighted by atomic mass is 32.2. The highest BCUT2D eigenvalue weighted by Crippen LogP contribution is 2.33. The van der Waals surface area contributed by atoms with E-state index in [1.165, 1.54) is 16.6 Å². The van der Waals surface area contributed by atoms with E-state index in [-0.39, 0.29) is 17.8 Å². The van der Waals surface area contributed by atoms with Gasteiger partial charge in [0, 0.05) is 31.1 Å². The van der Waals surface area contributed by atoms with Gasteiger partial charge in [0.1, 0.15) is 10.6 Å². The largest absolute Gasteiger partial charge is 0.450 e. The molecule has 0 bridgehead atoms. The zero-order valence-electron chi connectivity index (χ0n) is 15.7. The molecule has 2 N–H and O–H groups in total. The smallest absolute Gasteiger partial charge is 0.409 e. The van der Waals surface area contributed by atoms with Gasteiger partial charge in [-0.25, -0.2) is 14.8 Å². The number of nitrogens with two attached hydrogens (primary N) is 1. The van der Waals surface area contributed by atoms with Crippen LogP contribution in [0.3, 0.4) is 0 Å². The van der Waals surface area contributed by atoms with Gasteiger partial charge in [0.2, 0.25) is 5.91 Å². The second-order valence-electron chi connectivity index (χ2n) is 6.21. The number of nitrogens with zero attached hydrogens (tertiary/aromatic N) is 4. The van der Waals surface area contributed by atoms with E-state index in [4.69, 9.17) is 10.5 Å².